The lowest BCUT2D eigenvalue weighted by atomic mass is 9.79. The third kappa shape index (κ3) is 3.47. The van der Waals surface area contributed by atoms with Gasteiger partial charge in [-0.3, -0.25) is 4.98 Å². The molecular weight excluding hydrogens is 304 g/mol. The predicted octanol–water partition coefficient (Wildman–Crippen LogP) is 4.89. The van der Waals surface area contributed by atoms with Gasteiger partial charge in [0.1, 0.15) is 5.73 Å². The SMILES string of the molecule is CC1(C)OB(C(F)=C2CCC(=Cc3ccncc3)CC2)OC1(C)C. The number of pyridine rings is 1. The molecule has 2 heterocycles. The van der Waals surface area contributed by atoms with Crippen molar-refractivity contribution in [3.8, 4) is 0 Å². The fraction of sp³-hybridized carbons (Fsp3) is 0.526. The molecule has 0 radical (unpaired) electrons. The second kappa shape index (κ2) is 6.45. The van der Waals surface area contributed by atoms with E-state index in [1.54, 1.807) is 12.4 Å². The summed E-state index contributed by atoms with van der Waals surface area (Å²) < 4.78 is 26.5. The van der Waals surface area contributed by atoms with Crippen LogP contribution in [-0.4, -0.2) is 23.3 Å². The summed E-state index contributed by atoms with van der Waals surface area (Å²) >= 11 is 0. The Hall–Kier alpha value is -1.46. The molecule has 2 fully saturated rings. The second-order valence-corrected chi connectivity index (χ2v) is 7.62. The van der Waals surface area contributed by atoms with Crippen LogP contribution in [0, 0.1) is 0 Å². The first kappa shape index (κ1) is 17.4. The smallest absolute Gasteiger partial charge is 0.398 e. The van der Waals surface area contributed by atoms with Crippen LogP contribution in [0.25, 0.3) is 6.08 Å². The van der Waals surface area contributed by atoms with Crippen LogP contribution >= 0.6 is 0 Å². The maximum Gasteiger partial charge on any atom is 0.525 e. The number of nitrogens with zero attached hydrogens (tertiary/aromatic N) is 1. The molecule has 0 amide bonds. The molecule has 0 atom stereocenters. The lowest BCUT2D eigenvalue weighted by molar-refractivity contribution is 0.00578. The summed E-state index contributed by atoms with van der Waals surface area (Å²) in [4.78, 5) is 4.03. The van der Waals surface area contributed by atoms with Crippen LogP contribution in [0.5, 0.6) is 0 Å². The van der Waals surface area contributed by atoms with Crippen molar-refractivity contribution in [2.75, 3.05) is 0 Å². The average Bonchev–Trinajstić information content (AvgIpc) is 2.76. The van der Waals surface area contributed by atoms with Gasteiger partial charge in [-0.15, -0.1) is 0 Å². The molecule has 1 saturated carbocycles. The Bertz CT molecular complexity index is 639. The van der Waals surface area contributed by atoms with E-state index in [2.05, 4.69) is 11.1 Å². The Morgan fingerprint density at radius 2 is 1.58 bits per heavy atom. The van der Waals surface area contributed by atoms with E-state index in [9.17, 15) is 4.39 Å². The van der Waals surface area contributed by atoms with Gasteiger partial charge in [0.05, 0.1) is 11.2 Å². The van der Waals surface area contributed by atoms with Crippen LogP contribution in [0.2, 0.25) is 0 Å². The van der Waals surface area contributed by atoms with E-state index in [-0.39, 0.29) is 5.73 Å². The first-order valence-corrected chi connectivity index (χ1v) is 8.61. The molecule has 1 aliphatic heterocycles. The monoisotopic (exact) mass is 329 g/mol. The summed E-state index contributed by atoms with van der Waals surface area (Å²) in [7, 11) is -0.865. The number of halogens is 1. The molecular formula is C19H25BFNO2. The normalized spacial score (nSPS) is 22.6. The van der Waals surface area contributed by atoms with E-state index in [0.29, 0.717) is 0 Å². The fourth-order valence-electron chi connectivity index (χ4n) is 3.06. The molecule has 3 rings (SSSR count). The lowest BCUT2D eigenvalue weighted by Crippen LogP contribution is -2.41. The number of hydrogen-bond donors (Lipinski definition) is 0. The van der Waals surface area contributed by atoms with Crippen molar-refractivity contribution in [3.05, 3.63) is 47.0 Å². The van der Waals surface area contributed by atoms with Gasteiger partial charge >= 0.3 is 7.12 Å². The molecule has 0 spiro atoms. The Balaban J connectivity index is 1.68. The fourth-order valence-corrected chi connectivity index (χ4v) is 3.06. The maximum atomic E-state index is 14.8. The molecule has 2 aliphatic rings. The van der Waals surface area contributed by atoms with Crippen LogP contribution in [0.15, 0.2) is 41.4 Å². The van der Waals surface area contributed by atoms with E-state index in [4.69, 9.17) is 9.31 Å². The highest BCUT2D eigenvalue weighted by atomic mass is 19.1. The van der Waals surface area contributed by atoms with E-state index < -0.39 is 18.3 Å². The molecule has 0 bridgehead atoms. The molecule has 3 nitrogen and oxygen atoms in total. The summed E-state index contributed by atoms with van der Waals surface area (Å²) in [6.45, 7) is 7.78. The van der Waals surface area contributed by atoms with Crippen molar-refractivity contribution in [1.29, 1.82) is 0 Å². The minimum Gasteiger partial charge on any atom is -0.398 e. The minimum atomic E-state index is -0.865. The molecule has 128 valence electrons. The topological polar surface area (TPSA) is 31.4 Å². The molecule has 1 aromatic heterocycles. The number of allylic oxidation sites excluding steroid dienone is 2. The van der Waals surface area contributed by atoms with E-state index in [1.807, 2.05) is 39.8 Å². The zero-order valence-corrected chi connectivity index (χ0v) is 14.9. The van der Waals surface area contributed by atoms with E-state index in [0.717, 1.165) is 36.8 Å². The molecule has 1 aromatic rings. The Morgan fingerprint density at radius 1 is 1.04 bits per heavy atom. The van der Waals surface area contributed by atoms with Crippen LogP contribution in [0.1, 0.15) is 58.9 Å². The van der Waals surface area contributed by atoms with Crippen molar-refractivity contribution >= 4 is 13.2 Å². The highest BCUT2D eigenvalue weighted by Crippen LogP contribution is 2.41. The van der Waals surface area contributed by atoms with Crippen molar-refractivity contribution < 1.29 is 13.7 Å². The van der Waals surface area contributed by atoms with Crippen molar-refractivity contribution in [2.45, 2.75) is 64.6 Å². The van der Waals surface area contributed by atoms with E-state index in [1.165, 1.54) is 5.57 Å². The van der Waals surface area contributed by atoms with Gasteiger partial charge in [0.25, 0.3) is 0 Å². The third-order valence-electron chi connectivity index (χ3n) is 5.37. The lowest BCUT2D eigenvalue weighted by Gasteiger charge is -2.32. The predicted molar refractivity (Wildman–Crippen MR) is 94.9 cm³/mol. The molecule has 0 N–H and O–H groups in total. The third-order valence-corrected chi connectivity index (χ3v) is 5.37. The maximum absolute atomic E-state index is 14.8. The molecule has 1 aliphatic carbocycles. The molecule has 0 unspecified atom stereocenters. The van der Waals surface area contributed by atoms with Gasteiger partial charge in [0.2, 0.25) is 0 Å². The molecule has 1 saturated heterocycles. The van der Waals surface area contributed by atoms with Crippen molar-refractivity contribution in [2.24, 2.45) is 0 Å². The van der Waals surface area contributed by atoms with Gasteiger partial charge in [-0.25, -0.2) is 4.39 Å². The number of aromatic nitrogens is 1. The van der Waals surface area contributed by atoms with Crippen LogP contribution < -0.4 is 0 Å². The second-order valence-electron chi connectivity index (χ2n) is 7.62. The largest absolute Gasteiger partial charge is 0.525 e. The van der Waals surface area contributed by atoms with Crippen LogP contribution in [0.4, 0.5) is 4.39 Å². The van der Waals surface area contributed by atoms with Gasteiger partial charge in [-0.1, -0.05) is 11.6 Å². The van der Waals surface area contributed by atoms with Gasteiger partial charge in [-0.05, 0) is 76.6 Å². The Kier molecular flexibility index (Phi) is 4.67. The summed E-state index contributed by atoms with van der Waals surface area (Å²) in [5.74, 6) is 0. The first-order chi connectivity index (χ1) is 11.3. The number of hydrogen-bond acceptors (Lipinski definition) is 3. The van der Waals surface area contributed by atoms with Gasteiger partial charge < -0.3 is 9.31 Å². The molecule has 5 heteroatoms. The number of rotatable bonds is 2. The minimum absolute atomic E-state index is 0.225. The van der Waals surface area contributed by atoms with Crippen LogP contribution in [-0.2, 0) is 9.31 Å². The van der Waals surface area contributed by atoms with Gasteiger partial charge in [0.15, 0.2) is 0 Å². The molecule has 24 heavy (non-hydrogen) atoms. The zero-order valence-electron chi connectivity index (χ0n) is 14.9. The molecule has 0 aromatic carbocycles. The Morgan fingerprint density at radius 3 is 2.12 bits per heavy atom. The summed E-state index contributed by atoms with van der Waals surface area (Å²) in [5.41, 5.74) is 2.11. The first-order valence-electron chi connectivity index (χ1n) is 8.61. The average molecular weight is 329 g/mol. The van der Waals surface area contributed by atoms with Gasteiger partial charge in [0, 0.05) is 12.4 Å². The highest BCUT2D eigenvalue weighted by molar-refractivity contribution is 6.53. The zero-order chi connectivity index (χ0) is 17.4. The summed E-state index contributed by atoms with van der Waals surface area (Å²) in [5, 5.41) is 0. The van der Waals surface area contributed by atoms with Gasteiger partial charge in [-0.2, -0.15) is 0 Å². The van der Waals surface area contributed by atoms with Crippen molar-refractivity contribution in [1.82, 2.24) is 4.98 Å². The summed E-state index contributed by atoms with van der Waals surface area (Å²) in [6.07, 6.45) is 8.98. The van der Waals surface area contributed by atoms with E-state index >= 15 is 0 Å². The van der Waals surface area contributed by atoms with Crippen LogP contribution in [0.3, 0.4) is 0 Å². The van der Waals surface area contributed by atoms with Crippen molar-refractivity contribution in [3.63, 3.8) is 0 Å². The Labute approximate surface area is 144 Å². The summed E-state index contributed by atoms with van der Waals surface area (Å²) in [6, 6.07) is 3.98. The highest BCUT2D eigenvalue weighted by Gasteiger charge is 2.53. The quantitative estimate of drug-likeness (QED) is 0.724. The standard InChI is InChI=1S/C19H25BFNO2/c1-18(2)19(3,4)24-20(23-18)17(21)16-7-5-14(6-8-16)13-15-9-11-22-12-10-15/h9-13H,5-8H2,1-4H3.